The van der Waals surface area contributed by atoms with Gasteiger partial charge in [0.15, 0.2) is 0 Å². The predicted octanol–water partition coefficient (Wildman–Crippen LogP) is 1.98. The number of ether oxygens (including phenoxy) is 1. The first kappa shape index (κ1) is 17.4. The number of hydrogen-bond donors (Lipinski definition) is 2. The van der Waals surface area contributed by atoms with Gasteiger partial charge in [-0.3, -0.25) is 4.79 Å². The van der Waals surface area contributed by atoms with Crippen LogP contribution in [-0.4, -0.2) is 31.6 Å². The highest BCUT2D eigenvalue weighted by Gasteiger charge is 2.27. The molecule has 0 bridgehead atoms. The fraction of sp³-hybridized carbons (Fsp3) is 0.278. The molecule has 0 fully saturated rings. The predicted molar refractivity (Wildman–Crippen MR) is 92.1 cm³/mol. The monoisotopic (exact) mass is 361 g/mol. The Labute approximate surface area is 146 Å². The Morgan fingerprint density at radius 1 is 1.28 bits per heavy atom. The maximum atomic E-state index is 12.6. The minimum absolute atomic E-state index is 0.00534. The Bertz CT molecular complexity index is 880. The molecule has 0 aliphatic carbocycles. The van der Waals surface area contributed by atoms with E-state index in [4.69, 9.17) is 4.74 Å². The molecule has 0 amide bonds. The van der Waals surface area contributed by atoms with Crippen LogP contribution >= 0.6 is 0 Å². The quantitative estimate of drug-likeness (QED) is 0.821. The lowest BCUT2D eigenvalue weighted by atomic mass is 10.1. The molecule has 0 radical (unpaired) electrons. The molecule has 0 saturated heterocycles. The van der Waals surface area contributed by atoms with Crippen molar-refractivity contribution in [2.75, 3.05) is 0 Å². The second kappa shape index (κ2) is 6.85. The molecule has 0 aromatic heterocycles. The zero-order chi connectivity index (χ0) is 18.0. The third-order valence-electron chi connectivity index (χ3n) is 4.06. The van der Waals surface area contributed by atoms with Crippen molar-refractivity contribution >= 4 is 16.0 Å². The van der Waals surface area contributed by atoms with Crippen molar-refractivity contribution < 1.29 is 23.1 Å². The van der Waals surface area contributed by atoms with Gasteiger partial charge in [-0.15, -0.1) is 0 Å². The Balaban J connectivity index is 1.81. The molecule has 2 N–H and O–H groups in total. The molecule has 1 heterocycles. The van der Waals surface area contributed by atoms with E-state index in [-0.39, 0.29) is 17.4 Å². The Morgan fingerprint density at radius 3 is 2.68 bits per heavy atom. The Kier molecular flexibility index (Phi) is 4.78. The van der Waals surface area contributed by atoms with Crippen LogP contribution in [0.3, 0.4) is 0 Å². The molecule has 1 aliphatic heterocycles. The maximum absolute atomic E-state index is 12.6. The van der Waals surface area contributed by atoms with Crippen LogP contribution in [0.4, 0.5) is 0 Å². The van der Waals surface area contributed by atoms with Crippen molar-refractivity contribution in [2.24, 2.45) is 0 Å². The van der Waals surface area contributed by atoms with Crippen LogP contribution in [-0.2, 0) is 27.7 Å². The summed E-state index contributed by atoms with van der Waals surface area (Å²) < 4.78 is 33.1. The number of benzene rings is 2. The molecule has 2 aromatic carbocycles. The summed E-state index contributed by atoms with van der Waals surface area (Å²) >= 11 is 0. The van der Waals surface area contributed by atoms with E-state index in [1.807, 2.05) is 13.0 Å². The van der Waals surface area contributed by atoms with E-state index in [9.17, 15) is 18.3 Å². The zero-order valence-corrected chi connectivity index (χ0v) is 14.5. The number of carbonyl (C=O) groups is 1. The number of sulfonamides is 1. The fourth-order valence-corrected chi connectivity index (χ4v) is 4.09. The first-order chi connectivity index (χ1) is 11.8. The van der Waals surface area contributed by atoms with E-state index >= 15 is 0 Å². The highest BCUT2D eigenvalue weighted by molar-refractivity contribution is 7.89. The van der Waals surface area contributed by atoms with Gasteiger partial charge in [0, 0.05) is 6.42 Å². The third kappa shape index (κ3) is 4.00. The van der Waals surface area contributed by atoms with Gasteiger partial charge < -0.3 is 9.84 Å². The van der Waals surface area contributed by atoms with E-state index in [0.29, 0.717) is 12.2 Å². The average Bonchev–Trinajstić information content (AvgIpc) is 2.94. The molecule has 25 heavy (non-hydrogen) atoms. The number of fused-ring (bicyclic) bond motifs is 1. The minimum atomic E-state index is -3.95. The number of aliphatic carboxylic acids is 1. The number of carboxylic acids is 1. The summed E-state index contributed by atoms with van der Waals surface area (Å²) in [4.78, 5) is 11.5. The van der Waals surface area contributed by atoms with Crippen molar-refractivity contribution in [3.63, 3.8) is 0 Å². The summed E-state index contributed by atoms with van der Waals surface area (Å²) in [7, 11) is -3.95. The van der Waals surface area contributed by atoms with Crippen molar-refractivity contribution in [3.05, 3.63) is 59.7 Å². The Morgan fingerprint density at radius 2 is 2.00 bits per heavy atom. The molecule has 132 valence electrons. The van der Waals surface area contributed by atoms with Gasteiger partial charge in [0.05, 0.1) is 4.90 Å². The summed E-state index contributed by atoms with van der Waals surface area (Å²) in [5.74, 6) is -0.545. The lowest BCUT2D eigenvalue weighted by molar-refractivity contribution is -0.138. The molecule has 1 unspecified atom stereocenters. The largest absolute Gasteiger partial charge is 0.490 e. The van der Waals surface area contributed by atoms with Crippen molar-refractivity contribution in [2.45, 2.75) is 36.8 Å². The molecule has 1 aliphatic rings. The van der Waals surface area contributed by atoms with Gasteiger partial charge in [0.25, 0.3) is 0 Å². The summed E-state index contributed by atoms with van der Waals surface area (Å²) in [5, 5.41) is 9.39. The normalized spacial score (nSPS) is 17.6. The van der Waals surface area contributed by atoms with Crippen LogP contribution in [0.5, 0.6) is 5.75 Å². The highest BCUT2D eigenvalue weighted by Crippen LogP contribution is 2.30. The average molecular weight is 361 g/mol. The van der Waals surface area contributed by atoms with E-state index < -0.39 is 22.0 Å². The van der Waals surface area contributed by atoms with Crippen LogP contribution in [0.25, 0.3) is 0 Å². The summed E-state index contributed by atoms with van der Waals surface area (Å²) in [6, 6.07) is 12.3. The molecule has 3 rings (SSSR count). The maximum Gasteiger partial charge on any atom is 0.322 e. The van der Waals surface area contributed by atoms with Crippen LogP contribution in [0, 0.1) is 0 Å². The molecule has 7 heteroatoms. The van der Waals surface area contributed by atoms with Gasteiger partial charge in [-0.05, 0) is 42.7 Å². The number of nitrogens with one attached hydrogen (secondary N) is 1. The standard InChI is InChI=1S/C18H19NO5S/c1-12-9-14-11-15(7-8-17(14)24-12)25(22,23)19-16(18(20)21)10-13-5-3-2-4-6-13/h2-8,11-12,16,19H,9-10H2,1H3,(H,20,21)/t12?,16-/m1/s1. The van der Waals surface area contributed by atoms with Crippen LogP contribution in [0.1, 0.15) is 18.1 Å². The lowest BCUT2D eigenvalue weighted by Gasteiger charge is -2.15. The van der Waals surface area contributed by atoms with Crippen LogP contribution in [0.2, 0.25) is 0 Å². The summed E-state index contributed by atoms with van der Waals surface area (Å²) in [6.45, 7) is 1.91. The van der Waals surface area contributed by atoms with Crippen molar-refractivity contribution in [3.8, 4) is 5.75 Å². The molecular formula is C18H19NO5S. The van der Waals surface area contributed by atoms with Gasteiger partial charge in [-0.25, -0.2) is 8.42 Å². The first-order valence-corrected chi connectivity index (χ1v) is 9.42. The smallest absolute Gasteiger partial charge is 0.322 e. The summed E-state index contributed by atoms with van der Waals surface area (Å²) in [5.41, 5.74) is 1.55. The molecule has 0 spiro atoms. The van der Waals surface area contributed by atoms with Gasteiger partial charge in [0.2, 0.25) is 10.0 Å². The second-order valence-corrected chi connectivity index (χ2v) is 7.82. The molecular weight excluding hydrogens is 342 g/mol. The van der Waals surface area contributed by atoms with Gasteiger partial charge in [-0.2, -0.15) is 4.72 Å². The molecule has 0 saturated carbocycles. The van der Waals surface area contributed by atoms with E-state index in [1.165, 1.54) is 6.07 Å². The molecule has 2 atom stereocenters. The van der Waals surface area contributed by atoms with E-state index in [1.54, 1.807) is 36.4 Å². The fourth-order valence-electron chi connectivity index (χ4n) is 2.85. The Hall–Kier alpha value is -2.38. The van der Waals surface area contributed by atoms with E-state index in [2.05, 4.69) is 4.72 Å². The number of carboxylic acid groups (broad SMARTS) is 1. The highest BCUT2D eigenvalue weighted by atomic mass is 32.2. The van der Waals surface area contributed by atoms with Crippen LogP contribution < -0.4 is 9.46 Å². The van der Waals surface area contributed by atoms with Crippen LogP contribution in [0.15, 0.2) is 53.4 Å². The van der Waals surface area contributed by atoms with Gasteiger partial charge >= 0.3 is 5.97 Å². The topological polar surface area (TPSA) is 92.7 Å². The van der Waals surface area contributed by atoms with Crippen molar-refractivity contribution in [1.29, 1.82) is 0 Å². The zero-order valence-electron chi connectivity index (χ0n) is 13.7. The minimum Gasteiger partial charge on any atom is -0.490 e. The molecule has 2 aromatic rings. The first-order valence-electron chi connectivity index (χ1n) is 7.94. The number of rotatable bonds is 6. The number of hydrogen-bond acceptors (Lipinski definition) is 4. The molecule has 6 nitrogen and oxygen atoms in total. The van der Waals surface area contributed by atoms with Gasteiger partial charge in [0.1, 0.15) is 17.9 Å². The SMILES string of the molecule is CC1Cc2cc(S(=O)(=O)N[C@H](Cc3ccccc3)C(=O)O)ccc2O1. The lowest BCUT2D eigenvalue weighted by Crippen LogP contribution is -2.42. The third-order valence-corrected chi connectivity index (χ3v) is 5.53. The summed E-state index contributed by atoms with van der Waals surface area (Å²) in [6.07, 6.45) is 0.705. The van der Waals surface area contributed by atoms with Crippen molar-refractivity contribution in [1.82, 2.24) is 4.72 Å². The second-order valence-electron chi connectivity index (χ2n) is 6.10. The van der Waals surface area contributed by atoms with Gasteiger partial charge in [-0.1, -0.05) is 30.3 Å². The van der Waals surface area contributed by atoms with E-state index in [0.717, 1.165) is 11.1 Å².